The Balaban J connectivity index is 1.33. The fourth-order valence-corrected chi connectivity index (χ4v) is 4.00. The second-order valence-electron chi connectivity index (χ2n) is 7.52. The van der Waals surface area contributed by atoms with Crippen molar-refractivity contribution in [1.82, 2.24) is 25.1 Å². The van der Waals surface area contributed by atoms with Gasteiger partial charge in [-0.1, -0.05) is 18.2 Å². The van der Waals surface area contributed by atoms with Crippen LogP contribution in [0, 0.1) is 0 Å². The maximum Gasteiger partial charge on any atom is 0.261 e. The summed E-state index contributed by atoms with van der Waals surface area (Å²) in [6.45, 7) is 0.721. The number of carbonyl (C=O) groups is 1. The second-order valence-corrected chi connectivity index (χ2v) is 7.52. The van der Waals surface area contributed by atoms with Gasteiger partial charge in [0, 0.05) is 29.2 Å². The Kier molecular flexibility index (Phi) is 4.93. The first-order chi connectivity index (χ1) is 14.8. The van der Waals surface area contributed by atoms with Gasteiger partial charge in [-0.2, -0.15) is 5.10 Å². The van der Waals surface area contributed by atoms with Crippen molar-refractivity contribution in [2.45, 2.75) is 25.3 Å². The molecule has 0 saturated carbocycles. The zero-order valence-corrected chi connectivity index (χ0v) is 16.5. The largest absolute Gasteiger partial charge is 0.484 e. The van der Waals surface area contributed by atoms with Crippen LogP contribution in [0.2, 0.25) is 0 Å². The van der Waals surface area contributed by atoms with Gasteiger partial charge in [0.1, 0.15) is 11.6 Å². The highest BCUT2D eigenvalue weighted by atomic mass is 16.5. The highest BCUT2D eigenvalue weighted by molar-refractivity contribution is 5.83. The average Bonchev–Trinajstić information content (AvgIpc) is 3.47. The van der Waals surface area contributed by atoms with Crippen LogP contribution in [0.4, 0.5) is 0 Å². The van der Waals surface area contributed by atoms with E-state index in [2.05, 4.69) is 21.2 Å². The number of fused-ring (bicyclic) bond motifs is 1. The van der Waals surface area contributed by atoms with Gasteiger partial charge in [-0.3, -0.25) is 9.89 Å². The van der Waals surface area contributed by atoms with E-state index in [1.54, 1.807) is 0 Å². The van der Waals surface area contributed by atoms with E-state index in [4.69, 9.17) is 9.72 Å². The molecular formula is C23H23N5O2. The Morgan fingerprint density at radius 3 is 2.93 bits per heavy atom. The molecule has 30 heavy (non-hydrogen) atoms. The highest BCUT2D eigenvalue weighted by Gasteiger charge is 2.30. The van der Waals surface area contributed by atoms with Crippen molar-refractivity contribution in [1.29, 1.82) is 0 Å². The number of para-hydroxylation sites is 1. The van der Waals surface area contributed by atoms with E-state index in [0.717, 1.165) is 41.6 Å². The molecule has 4 aromatic rings. The van der Waals surface area contributed by atoms with Crippen LogP contribution < -0.4 is 4.74 Å². The molecule has 2 N–H and O–H groups in total. The van der Waals surface area contributed by atoms with Gasteiger partial charge in [-0.05, 0) is 55.7 Å². The third-order valence-corrected chi connectivity index (χ3v) is 5.56. The van der Waals surface area contributed by atoms with E-state index in [-0.39, 0.29) is 18.6 Å². The number of H-pyrrole nitrogens is 2. The first-order valence-electron chi connectivity index (χ1n) is 10.2. The number of aromatic nitrogens is 4. The lowest BCUT2D eigenvalue weighted by Gasteiger charge is -2.34. The quantitative estimate of drug-likeness (QED) is 0.527. The van der Waals surface area contributed by atoms with Crippen LogP contribution in [0.3, 0.4) is 0 Å². The lowest BCUT2D eigenvalue weighted by atomic mass is 10.0. The number of likely N-dealkylation sites (tertiary alicyclic amines) is 1. The molecule has 5 rings (SSSR count). The third kappa shape index (κ3) is 3.66. The van der Waals surface area contributed by atoms with Crippen LogP contribution in [0.1, 0.15) is 31.1 Å². The van der Waals surface area contributed by atoms with Crippen molar-refractivity contribution in [3.8, 4) is 17.1 Å². The zero-order valence-electron chi connectivity index (χ0n) is 16.5. The van der Waals surface area contributed by atoms with Crippen molar-refractivity contribution in [2.75, 3.05) is 13.2 Å². The Bertz CT molecular complexity index is 1150. The first kappa shape index (κ1) is 18.4. The van der Waals surface area contributed by atoms with Gasteiger partial charge in [0.2, 0.25) is 0 Å². The Labute approximate surface area is 174 Å². The third-order valence-electron chi connectivity index (χ3n) is 5.56. The minimum atomic E-state index is -0.108. The number of ether oxygens (including phenoxy) is 1. The van der Waals surface area contributed by atoms with Gasteiger partial charge >= 0.3 is 0 Å². The maximum atomic E-state index is 12.9. The Hall–Kier alpha value is -3.61. The molecule has 0 radical (unpaired) electrons. The van der Waals surface area contributed by atoms with E-state index >= 15 is 0 Å². The molecule has 2 aromatic heterocycles. The normalized spacial score (nSPS) is 16.7. The molecule has 7 heteroatoms. The number of hydrogen-bond acceptors (Lipinski definition) is 4. The molecule has 7 nitrogen and oxygen atoms in total. The van der Waals surface area contributed by atoms with Gasteiger partial charge in [0.05, 0.1) is 6.04 Å². The van der Waals surface area contributed by atoms with Gasteiger partial charge in [-0.15, -0.1) is 0 Å². The molecule has 1 aliphatic heterocycles. The number of aromatic amines is 2. The van der Waals surface area contributed by atoms with Crippen molar-refractivity contribution < 1.29 is 9.53 Å². The number of amides is 1. The van der Waals surface area contributed by atoms with Crippen LogP contribution >= 0.6 is 0 Å². The molecule has 0 aliphatic carbocycles. The van der Waals surface area contributed by atoms with E-state index < -0.39 is 0 Å². The summed E-state index contributed by atoms with van der Waals surface area (Å²) < 4.78 is 5.67. The minimum Gasteiger partial charge on any atom is -0.484 e. The highest BCUT2D eigenvalue weighted by Crippen LogP contribution is 2.30. The van der Waals surface area contributed by atoms with E-state index in [1.807, 2.05) is 59.6 Å². The van der Waals surface area contributed by atoms with E-state index in [0.29, 0.717) is 18.1 Å². The summed E-state index contributed by atoms with van der Waals surface area (Å²) in [6.07, 6.45) is 4.82. The summed E-state index contributed by atoms with van der Waals surface area (Å²) in [4.78, 5) is 22.7. The predicted molar refractivity (Wildman–Crippen MR) is 114 cm³/mol. The lowest BCUT2D eigenvalue weighted by molar-refractivity contribution is -0.137. The summed E-state index contributed by atoms with van der Waals surface area (Å²) in [7, 11) is 0. The summed E-state index contributed by atoms with van der Waals surface area (Å²) >= 11 is 0. The fourth-order valence-electron chi connectivity index (χ4n) is 4.00. The SMILES string of the molecule is O=C(COc1ccccc1)N1CCCCC1c1nc(-c2ccc3[nH]ccc3c2)n[nH]1. The molecule has 3 heterocycles. The summed E-state index contributed by atoms with van der Waals surface area (Å²) in [5.41, 5.74) is 2.03. The summed E-state index contributed by atoms with van der Waals surface area (Å²) in [6, 6.07) is 17.4. The number of nitrogens with zero attached hydrogens (tertiary/aromatic N) is 3. The molecule has 1 fully saturated rings. The van der Waals surface area contributed by atoms with Crippen LogP contribution in [-0.4, -0.2) is 44.1 Å². The molecule has 1 amide bonds. The maximum absolute atomic E-state index is 12.9. The van der Waals surface area contributed by atoms with Crippen molar-refractivity contribution in [2.24, 2.45) is 0 Å². The molecule has 2 aromatic carbocycles. The number of benzene rings is 2. The van der Waals surface area contributed by atoms with Crippen molar-refractivity contribution in [3.63, 3.8) is 0 Å². The smallest absolute Gasteiger partial charge is 0.261 e. The molecule has 0 spiro atoms. The molecule has 1 unspecified atom stereocenters. The first-order valence-corrected chi connectivity index (χ1v) is 10.2. The van der Waals surface area contributed by atoms with Crippen LogP contribution in [0.15, 0.2) is 60.8 Å². The lowest BCUT2D eigenvalue weighted by Crippen LogP contribution is -2.41. The van der Waals surface area contributed by atoms with Crippen LogP contribution in [-0.2, 0) is 4.79 Å². The van der Waals surface area contributed by atoms with Gasteiger partial charge < -0.3 is 14.6 Å². The van der Waals surface area contributed by atoms with E-state index in [9.17, 15) is 4.79 Å². The number of piperidine rings is 1. The minimum absolute atomic E-state index is 0.0195. The summed E-state index contributed by atoms with van der Waals surface area (Å²) in [5, 5.41) is 8.61. The standard InChI is InChI=1S/C23H23N5O2/c29-21(15-30-18-6-2-1-3-7-18)28-13-5-4-8-20(28)23-25-22(26-27-23)17-9-10-19-16(14-17)11-12-24-19/h1-3,6-7,9-12,14,20,24H,4-5,8,13,15H2,(H,25,26,27). The van der Waals surface area contributed by atoms with Crippen LogP contribution in [0.25, 0.3) is 22.3 Å². The number of hydrogen-bond donors (Lipinski definition) is 2. The monoisotopic (exact) mass is 401 g/mol. The molecule has 1 aliphatic rings. The molecule has 1 saturated heterocycles. The van der Waals surface area contributed by atoms with E-state index in [1.165, 1.54) is 0 Å². The molecular weight excluding hydrogens is 378 g/mol. The van der Waals surface area contributed by atoms with Crippen LogP contribution in [0.5, 0.6) is 5.75 Å². The van der Waals surface area contributed by atoms with Crippen molar-refractivity contribution >= 4 is 16.8 Å². The van der Waals surface area contributed by atoms with Gasteiger partial charge in [-0.25, -0.2) is 4.98 Å². The van der Waals surface area contributed by atoms with Crippen molar-refractivity contribution in [3.05, 3.63) is 66.6 Å². The topological polar surface area (TPSA) is 86.9 Å². The number of carbonyl (C=O) groups excluding carboxylic acids is 1. The molecule has 152 valence electrons. The van der Waals surface area contributed by atoms with Gasteiger partial charge in [0.15, 0.2) is 12.4 Å². The Morgan fingerprint density at radius 2 is 2.03 bits per heavy atom. The molecule has 1 atom stereocenters. The predicted octanol–water partition coefficient (Wildman–Crippen LogP) is 4.09. The Morgan fingerprint density at radius 1 is 1.13 bits per heavy atom. The summed E-state index contributed by atoms with van der Waals surface area (Å²) in [5.74, 6) is 2.04. The zero-order chi connectivity index (χ0) is 20.3. The average molecular weight is 401 g/mol. The molecule has 0 bridgehead atoms. The number of rotatable bonds is 5. The number of nitrogens with one attached hydrogen (secondary N) is 2. The second kappa shape index (κ2) is 8.02. The van der Waals surface area contributed by atoms with Gasteiger partial charge in [0.25, 0.3) is 5.91 Å². The fraction of sp³-hybridized carbons (Fsp3) is 0.261.